The molecule has 0 saturated heterocycles. The Kier molecular flexibility index (Phi) is 7.53. The number of rotatable bonds is 9. The van der Waals surface area contributed by atoms with Gasteiger partial charge in [-0.3, -0.25) is 9.59 Å². The van der Waals surface area contributed by atoms with Gasteiger partial charge in [-0.1, -0.05) is 31.2 Å². The van der Waals surface area contributed by atoms with Crippen molar-refractivity contribution in [2.75, 3.05) is 6.54 Å². The zero-order valence-electron chi connectivity index (χ0n) is 14.2. The summed E-state index contributed by atoms with van der Waals surface area (Å²) in [5, 5.41) is 7.26. The van der Waals surface area contributed by atoms with Gasteiger partial charge in [0.1, 0.15) is 5.75 Å². The Morgan fingerprint density at radius 1 is 1.19 bits per heavy atom. The number of carbonyl (C=O) groups excluding carboxylic acids is 2. The number of halogens is 2. The van der Waals surface area contributed by atoms with E-state index in [1.807, 2.05) is 6.92 Å². The van der Waals surface area contributed by atoms with Gasteiger partial charge < -0.3 is 15.4 Å². The van der Waals surface area contributed by atoms with Crippen LogP contribution in [0.2, 0.25) is 0 Å². The Morgan fingerprint density at radius 3 is 2.62 bits per heavy atom. The van der Waals surface area contributed by atoms with E-state index in [0.29, 0.717) is 16.9 Å². The largest absolute Gasteiger partial charge is 0.434 e. The maximum Gasteiger partial charge on any atom is 0.387 e. The van der Waals surface area contributed by atoms with E-state index in [9.17, 15) is 18.4 Å². The molecule has 8 heteroatoms. The van der Waals surface area contributed by atoms with Crippen molar-refractivity contribution >= 4 is 23.2 Å². The number of para-hydroxylation sites is 1. The van der Waals surface area contributed by atoms with Crippen molar-refractivity contribution in [2.45, 2.75) is 32.4 Å². The van der Waals surface area contributed by atoms with Crippen molar-refractivity contribution in [1.29, 1.82) is 0 Å². The molecule has 0 unspecified atom stereocenters. The highest BCUT2D eigenvalue weighted by molar-refractivity contribution is 7.12. The second-order valence-corrected chi connectivity index (χ2v) is 6.38. The molecule has 1 atom stereocenters. The van der Waals surface area contributed by atoms with Gasteiger partial charge in [-0.05, 0) is 23.9 Å². The summed E-state index contributed by atoms with van der Waals surface area (Å²) < 4.78 is 29.6. The third kappa shape index (κ3) is 5.80. The summed E-state index contributed by atoms with van der Waals surface area (Å²) in [4.78, 5) is 24.5. The van der Waals surface area contributed by atoms with Crippen LogP contribution in [0, 0.1) is 0 Å². The Bertz CT molecular complexity index is 723. The van der Waals surface area contributed by atoms with Gasteiger partial charge in [0, 0.05) is 18.5 Å². The first kappa shape index (κ1) is 19.8. The van der Waals surface area contributed by atoms with Crippen LogP contribution in [0.1, 0.15) is 41.0 Å². The minimum atomic E-state index is -2.93. The normalized spacial score (nSPS) is 11.8. The SMILES string of the molecule is CC[C@H](NC(=O)CCNC(=O)c1cccs1)c1ccccc1OC(F)F. The number of alkyl halides is 2. The van der Waals surface area contributed by atoms with Crippen LogP contribution >= 0.6 is 11.3 Å². The van der Waals surface area contributed by atoms with Crippen LogP contribution in [-0.4, -0.2) is 25.0 Å². The van der Waals surface area contributed by atoms with E-state index >= 15 is 0 Å². The van der Waals surface area contributed by atoms with Crippen LogP contribution in [0.3, 0.4) is 0 Å². The number of benzene rings is 1. The van der Waals surface area contributed by atoms with Gasteiger partial charge in [-0.25, -0.2) is 0 Å². The molecule has 0 bridgehead atoms. The summed E-state index contributed by atoms with van der Waals surface area (Å²) in [5.74, 6) is -0.466. The summed E-state index contributed by atoms with van der Waals surface area (Å²) in [6, 6.07) is 9.40. The Hall–Kier alpha value is -2.48. The molecule has 26 heavy (non-hydrogen) atoms. The molecule has 0 radical (unpaired) electrons. The lowest BCUT2D eigenvalue weighted by molar-refractivity contribution is -0.121. The van der Waals surface area contributed by atoms with Crippen LogP contribution in [0.4, 0.5) is 8.78 Å². The first-order chi connectivity index (χ1) is 12.5. The molecule has 0 saturated carbocycles. The lowest BCUT2D eigenvalue weighted by Crippen LogP contribution is -2.32. The zero-order valence-corrected chi connectivity index (χ0v) is 15.0. The molecule has 1 aromatic carbocycles. The van der Waals surface area contributed by atoms with Gasteiger partial charge in [0.05, 0.1) is 10.9 Å². The molecule has 1 heterocycles. The van der Waals surface area contributed by atoms with E-state index < -0.39 is 12.7 Å². The molecular formula is C18H20F2N2O3S. The Labute approximate surface area is 154 Å². The minimum absolute atomic E-state index is 0.0423. The molecule has 2 rings (SSSR count). The molecule has 0 aliphatic rings. The van der Waals surface area contributed by atoms with Crippen LogP contribution < -0.4 is 15.4 Å². The fourth-order valence-electron chi connectivity index (χ4n) is 2.42. The van der Waals surface area contributed by atoms with Crippen molar-refractivity contribution in [1.82, 2.24) is 10.6 Å². The topological polar surface area (TPSA) is 67.4 Å². The smallest absolute Gasteiger partial charge is 0.387 e. The lowest BCUT2D eigenvalue weighted by atomic mass is 10.0. The maximum absolute atomic E-state index is 12.5. The molecule has 2 amide bonds. The molecule has 0 aliphatic carbocycles. The second kappa shape index (κ2) is 9.86. The number of ether oxygens (including phenoxy) is 1. The summed E-state index contributed by atoms with van der Waals surface area (Å²) >= 11 is 1.32. The molecule has 0 spiro atoms. The predicted octanol–water partition coefficient (Wildman–Crippen LogP) is 3.74. The molecule has 0 fully saturated rings. The number of hydrogen-bond acceptors (Lipinski definition) is 4. The summed E-state index contributed by atoms with van der Waals surface area (Å²) in [6.45, 7) is -0.909. The molecule has 1 aromatic heterocycles. The average Bonchev–Trinajstić information content (AvgIpc) is 3.14. The zero-order chi connectivity index (χ0) is 18.9. The van der Waals surface area contributed by atoms with Gasteiger partial charge in [0.25, 0.3) is 5.91 Å². The standard InChI is InChI=1S/C18H20F2N2O3S/c1-2-13(12-6-3-4-7-14(12)25-18(19)20)22-16(23)9-10-21-17(24)15-8-5-11-26-15/h3-8,11,13,18H,2,9-10H2,1H3,(H,21,24)(H,22,23)/t13-/m0/s1. The van der Waals surface area contributed by atoms with E-state index in [2.05, 4.69) is 15.4 Å². The van der Waals surface area contributed by atoms with Crippen molar-refractivity contribution in [3.63, 3.8) is 0 Å². The van der Waals surface area contributed by atoms with Crippen LogP contribution in [0.5, 0.6) is 5.75 Å². The number of amides is 2. The minimum Gasteiger partial charge on any atom is -0.434 e. The average molecular weight is 382 g/mol. The highest BCUT2D eigenvalue weighted by Gasteiger charge is 2.18. The maximum atomic E-state index is 12.5. The van der Waals surface area contributed by atoms with E-state index in [-0.39, 0.29) is 30.5 Å². The number of nitrogens with one attached hydrogen (secondary N) is 2. The fraction of sp³-hybridized carbons (Fsp3) is 0.333. The highest BCUT2D eigenvalue weighted by Crippen LogP contribution is 2.28. The van der Waals surface area contributed by atoms with Gasteiger partial charge >= 0.3 is 6.61 Å². The first-order valence-electron chi connectivity index (χ1n) is 8.16. The molecule has 2 aromatic rings. The number of hydrogen-bond donors (Lipinski definition) is 2. The summed E-state index contributed by atoms with van der Waals surface area (Å²) in [5.41, 5.74) is 0.492. The third-order valence-corrected chi connectivity index (χ3v) is 4.51. The molecule has 0 aliphatic heterocycles. The Morgan fingerprint density at radius 2 is 1.96 bits per heavy atom. The molecular weight excluding hydrogens is 362 g/mol. The van der Waals surface area contributed by atoms with Crippen molar-refractivity contribution < 1.29 is 23.1 Å². The van der Waals surface area contributed by atoms with Gasteiger partial charge in [-0.2, -0.15) is 8.78 Å². The van der Waals surface area contributed by atoms with Gasteiger partial charge in [0.15, 0.2) is 0 Å². The van der Waals surface area contributed by atoms with Gasteiger partial charge in [-0.15, -0.1) is 11.3 Å². The van der Waals surface area contributed by atoms with E-state index in [1.54, 1.807) is 35.7 Å². The van der Waals surface area contributed by atoms with Gasteiger partial charge in [0.2, 0.25) is 5.91 Å². The van der Waals surface area contributed by atoms with Crippen LogP contribution in [0.25, 0.3) is 0 Å². The van der Waals surface area contributed by atoms with Crippen molar-refractivity contribution in [2.24, 2.45) is 0 Å². The summed E-state index contributed by atoms with van der Waals surface area (Å²) in [7, 11) is 0. The molecule has 140 valence electrons. The third-order valence-electron chi connectivity index (χ3n) is 3.64. The van der Waals surface area contributed by atoms with Crippen LogP contribution in [0.15, 0.2) is 41.8 Å². The van der Waals surface area contributed by atoms with Crippen molar-refractivity contribution in [3.05, 3.63) is 52.2 Å². The predicted molar refractivity (Wildman–Crippen MR) is 95.5 cm³/mol. The summed E-state index contributed by atoms with van der Waals surface area (Å²) in [6.07, 6.45) is 0.600. The molecule has 5 nitrogen and oxygen atoms in total. The van der Waals surface area contributed by atoms with E-state index in [1.165, 1.54) is 17.4 Å². The lowest BCUT2D eigenvalue weighted by Gasteiger charge is -2.20. The number of thiophene rings is 1. The Balaban J connectivity index is 1.89. The second-order valence-electron chi connectivity index (χ2n) is 5.43. The van der Waals surface area contributed by atoms with Crippen molar-refractivity contribution in [3.8, 4) is 5.75 Å². The first-order valence-corrected chi connectivity index (χ1v) is 9.04. The number of carbonyl (C=O) groups is 2. The van der Waals surface area contributed by atoms with E-state index in [4.69, 9.17) is 0 Å². The quantitative estimate of drug-likeness (QED) is 0.694. The van der Waals surface area contributed by atoms with Crippen LogP contribution in [-0.2, 0) is 4.79 Å². The monoisotopic (exact) mass is 382 g/mol. The molecule has 2 N–H and O–H groups in total. The van der Waals surface area contributed by atoms with E-state index in [0.717, 1.165) is 0 Å². The highest BCUT2D eigenvalue weighted by atomic mass is 32.1. The fourth-order valence-corrected chi connectivity index (χ4v) is 3.06.